The molecule has 5 nitrogen and oxygen atoms in total. The van der Waals surface area contributed by atoms with Crippen LogP contribution in [0, 0.1) is 11.8 Å². The van der Waals surface area contributed by atoms with Gasteiger partial charge in [-0.1, -0.05) is 42.5 Å². The number of hydrogen-bond donors (Lipinski definition) is 0. The van der Waals surface area contributed by atoms with E-state index in [0.717, 1.165) is 17.7 Å². The normalized spacial score (nSPS) is 24.6. The molecule has 0 N–H and O–H groups in total. The van der Waals surface area contributed by atoms with Crippen molar-refractivity contribution >= 4 is 11.8 Å². The monoisotopic (exact) mass is 460 g/mol. The Bertz CT molecular complexity index is 1020. The number of esters is 1. The predicted octanol–water partition coefficient (Wildman–Crippen LogP) is 4.75. The molecule has 33 heavy (non-hydrogen) atoms. The third kappa shape index (κ3) is 5.82. The van der Waals surface area contributed by atoms with E-state index in [-0.39, 0.29) is 42.2 Å². The van der Waals surface area contributed by atoms with E-state index in [1.54, 1.807) is 6.08 Å². The van der Waals surface area contributed by atoms with Crippen molar-refractivity contribution in [3.05, 3.63) is 77.9 Å². The second-order valence-electron chi connectivity index (χ2n) is 8.18. The smallest absolute Gasteiger partial charge is 0.416 e. The van der Waals surface area contributed by atoms with Crippen molar-refractivity contribution < 1.29 is 37.0 Å². The molecule has 2 fully saturated rings. The summed E-state index contributed by atoms with van der Waals surface area (Å²) in [5, 5.41) is 0. The van der Waals surface area contributed by atoms with Gasteiger partial charge in [-0.3, -0.25) is 9.59 Å². The molecular weight excluding hydrogens is 437 g/mol. The standard InChI is InChI=1S/C25H23F3O5/c26-25(27,28)17-7-4-8-19(11-17)31-15-18(29)9-10-20-21-12-24(30)33-23(21)13-22(20)32-14-16-5-2-1-3-6-16/h1-11,20-23H,12-15H2/b10-9+/t20-,21-,22-,23+/m1/s1. The minimum absolute atomic E-state index is 0.0358. The molecule has 0 bridgehead atoms. The number of ketones is 1. The topological polar surface area (TPSA) is 61.8 Å². The molecule has 2 aliphatic rings. The zero-order chi connectivity index (χ0) is 23.4. The molecule has 174 valence electrons. The van der Waals surface area contributed by atoms with Crippen LogP contribution in [0.15, 0.2) is 66.7 Å². The molecule has 0 amide bonds. The van der Waals surface area contributed by atoms with Crippen molar-refractivity contribution in [2.45, 2.75) is 37.8 Å². The van der Waals surface area contributed by atoms with Crippen LogP contribution in [-0.2, 0) is 31.8 Å². The summed E-state index contributed by atoms with van der Waals surface area (Å²) in [5.41, 5.74) is 0.171. The van der Waals surface area contributed by atoms with Gasteiger partial charge in [-0.05, 0) is 29.8 Å². The van der Waals surface area contributed by atoms with Crippen LogP contribution in [0.3, 0.4) is 0 Å². The first-order valence-electron chi connectivity index (χ1n) is 10.7. The number of hydrogen-bond acceptors (Lipinski definition) is 5. The molecule has 2 aromatic carbocycles. The zero-order valence-corrected chi connectivity index (χ0v) is 17.7. The van der Waals surface area contributed by atoms with Gasteiger partial charge in [0.1, 0.15) is 11.9 Å². The van der Waals surface area contributed by atoms with Gasteiger partial charge in [-0.15, -0.1) is 0 Å². The fraction of sp³-hybridized carbons (Fsp3) is 0.360. The SMILES string of the molecule is O=C(/C=C/[C@@H]1[C@H]2CC(=O)O[C@H]2C[C@H]1OCc1ccccc1)COc1cccc(C(F)(F)F)c1. The van der Waals surface area contributed by atoms with Crippen molar-refractivity contribution in [2.75, 3.05) is 6.61 Å². The number of carbonyl (C=O) groups is 2. The minimum Gasteiger partial charge on any atom is -0.485 e. The summed E-state index contributed by atoms with van der Waals surface area (Å²) in [6.07, 6.45) is -1.08. The number of fused-ring (bicyclic) bond motifs is 1. The highest BCUT2D eigenvalue weighted by Gasteiger charge is 2.49. The van der Waals surface area contributed by atoms with E-state index in [2.05, 4.69) is 0 Å². The molecule has 0 aromatic heterocycles. The molecule has 1 saturated heterocycles. The van der Waals surface area contributed by atoms with E-state index in [1.807, 2.05) is 30.3 Å². The van der Waals surface area contributed by atoms with Crippen molar-refractivity contribution in [2.24, 2.45) is 11.8 Å². The summed E-state index contributed by atoms with van der Waals surface area (Å²) in [5.74, 6) is -0.965. The molecule has 1 aliphatic heterocycles. The van der Waals surface area contributed by atoms with Crippen molar-refractivity contribution in [3.8, 4) is 5.75 Å². The molecule has 4 rings (SSSR count). The van der Waals surface area contributed by atoms with E-state index in [9.17, 15) is 22.8 Å². The molecule has 2 aromatic rings. The van der Waals surface area contributed by atoms with Crippen molar-refractivity contribution in [3.63, 3.8) is 0 Å². The highest BCUT2D eigenvalue weighted by molar-refractivity contribution is 5.91. The first-order chi connectivity index (χ1) is 15.8. The van der Waals surface area contributed by atoms with E-state index in [4.69, 9.17) is 14.2 Å². The Labute approximate surface area is 189 Å². The maximum Gasteiger partial charge on any atom is 0.416 e. The van der Waals surface area contributed by atoms with Gasteiger partial charge in [0.25, 0.3) is 0 Å². The van der Waals surface area contributed by atoms with Crippen LogP contribution in [0.25, 0.3) is 0 Å². The Morgan fingerprint density at radius 2 is 1.91 bits per heavy atom. The Balaban J connectivity index is 1.37. The Morgan fingerprint density at radius 3 is 2.67 bits per heavy atom. The van der Waals surface area contributed by atoms with Crippen LogP contribution < -0.4 is 4.74 Å². The number of alkyl halides is 3. The molecule has 1 heterocycles. The summed E-state index contributed by atoms with van der Waals surface area (Å²) >= 11 is 0. The van der Waals surface area contributed by atoms with Gasteiger partial charge < -0.3 is 14.2 Å². The lowest BCUT2D eigenvalue weighted by Crippen LogP contribution is -2.22. The molecule has 1 saturated carbocycles. The summed E-state index contributed by atoms with van der Waals surface area (Å²) < 4.78 is 55.2. The fourth-order valence-corrected chi connectivity index (χ4v) is 4.30. The first-order valence-corrected chi connectivity index (χ1v) is 10.7. The number of ether oxygens (including phenoxy) is 3. The zero-order valence-electron chi connectivity index (χ0n) is 17.7. The third-order valence-corrected chi connectivity index (χ3v) is 5.90. The Kier molecular flexibility index (Phi) is 6.83. The quantitative estimate of drug-likeness (QED) is 0.421. The maximum absolute atomic E-state index is 12.8. The second kappa shape index (κ2) is 9.79. The Morgan fingerprint density at radius 1 is 1.12 bits per heavy atom. The molecule has 1 aliphatic carbocycles. The van der Waals surface area contributed by atoms with Gasteiger partial charge in [0, 0.05) is 18.3 Å². The minimum atomic E-state index is -4.49. The highest BCUT2D eigenvalue weighted by Crippen LogP contribution is 2.43. The lowest BCUT2D eigenvalue weighted by Gasteiger charge is -2.20. The van der Waals surface area contributed by atoms with Gasteiger partial charge in [-0.25, -0.2) is 0 Å². The summed E-state index contributed by atoms with van der Waals surface area (Å²) in [6.45, 7) is -0.000564. The molecule has 0 spiro atoms. The number of halogens is 3. The number of rotatable bonds is 8. The molecule has 8 heteroatoms. The molecule has 0 radical (unpaired) electrons. The molecule has 0 unspecified atom stereocenters. The molecule has 4 atom stereocenters. The summed E-state index contributed by atoms with van der Waals surface area (Å²) in [4.78, 5) is 24.1. The average molecular weight is 460 g/mol. The van der Waals surface area contributed by atoms with E-state index in [0.29, 0.717) is 13.0 Å². The van der Waals surface area contributed by atoms with Crippen LogP contribution in [0.2, 0.25) is 0 Å². The summed E-state index contributed by atoms with van der Waals surface area (Å²) in [7, 11) is 0. The lowest BCUT2D eigenvalue weighted by molar-refractivity contribution is -0.142. The Hall–Kier alpha value is -3.13. The molecular formula is C25H23F3O5. The van der Waals surface area contributed by atoms with Gasteiger partial charge in [0.05, 0.1) is 24.7 Å². The summed E-state index contributed by atoms with van der Waals surface area (Å²) in [6, 6.07) is 14.0. The number of benzene rings is 2. The average Bonchev–Trinajstić information content (AvgIpc) is 3.30. The number of carbonyl (C=O) groups excluding carboxylic acids is 2. The third-order valence-electron chi connectivity index (χ3n) is 5.90. The first kappa shape index (κ1) is 23.0. The van der Waals surface area contributed by atoms with Crippen molar-refractivity contribution in [1.29, 1.82) is 0 Å². The fourth-order valence-electron chi connectivity index (χ4n) is 4.30. The van der Waals surface area contributed by atoms with E-state index in [1.165, 1.54) is 18.2 Å². The van der Waals surface area contributed by atoms with Crippen LogP contribution in [0.1, 0.15) is 24.0 Å². The van der Waals surface area contributed by atoms with Crippen molar-refractivity contribution in [1.82, 2.24) is 0 Å². The predicted molar refractivity (Wildman–Crippen MR) is 112 cm³/mol. The van der Waals surface area contributed by atoms with Crippen LogP contribution in [0.4, 0.5) is 13.2 Å². The maximum atomic E-state index is 12.8. The van der Waals surface area contributed by atoms with Crippen LogP contribution in [0.5, 0.6) is 5.75 Å². The van der Waals surface area contributed by atoms with Crippen LogP contribution >= 0.6 is 0 Å². The highest BCUT2D eigenvalue weighted by atomic mass is 19.4. The van der Waals surface area contributed by atoms with Gasteiger partial charge >= 0.3 is 12.1 Å². The van der Waals surface area contributed by atoms with Crippen LogP contribution in [-0.4, -0.2) is 30.6 Å². The van der Waals surface area contributed by atoms with Gasteiger partial charge in [0.2, 0.25) is 0 Å². The largest absolute Gasteiger partial charge is 0.485 e. The van der Waals surface area contributed by atoms with Gasteiger partial charge in [-0.2, -0.15) is 13.2 Å². The van der Waals surface area contributed by atoms with Gasteiger partial charge in [0.15, 0.2) is 12.4 Å². The van der Waals surface area contributed by atoms with E-state index < -0.39 is 24.1 Å². The second-order valence-corrected chi connectivity index (χ2v) is 8.18. The lowest BCUT2D eigenvalue weighted by atomic mass is 9.91. The van der Waals surface area contributed by atoms with E-state index >= 15 is 0 Å².